The van der Waals surface area contributed by atoms with Crippen molar-refractivity contribution in [1.82, 2.24) is 10.2 Å². The van der Waals surface area contributed by atoms with Gasteiger partial charge < -0.3 is 10.2 Å². The summed E-state index contributed by atoms with van der Waals surface area (Å²) in [6, 6.07) is 11.2. The number of halogens is 2. The summed E-state index contributed by atoms with van der Waals surface area (Å²) in [5.74, 6) is -0.839. The van der Waals surface area contributed by atoms with Crippen molar-refractivity contribution >= 4 is 50.7 Å². The molecule has 0 aliphatic carbocycles. The van der Waals surface area contributed by atoms with Crippen molar-refractivity contribution in [2.75, 3.05) is 17.1 Å². The molecule has 0 fully saturated rings. The van der Waals surface area contributed by atoms with E-state index in [2.05, 4.69) is 5.32 Å². The lowest BCUT2D eigenvalue weighted by Crippen LogP contribution is -2.55. The van der Waals surface area contributed by atoms with E-state index in [1.54, 1.807) is 0 Å². The molecule has 1 N–H and O–H groups in total. The Hall–Kier alpha value is -2.29. The minimum absolute atomic E-state index is 0.0957. The summed E-state index contributed by atoms with van der Waals surface area (Å²) in [7, 11) is -3.88. The largest absolute Gasteiger partial charge is 0.350 e. The minimum Gasteiger partial charge on any atom is -0.350 e. The van der Waals surface area contributed by atoms with Crippen LogP contribution in [0.15, 0.2) is 42.5 Å². The monoisotopic (exact) mass is 541 g/mol. The van der Waals surface area contributed by atoms with Gasteiger partial charge in [-0.2, -0.15) is 0 Å². The van der Waals surface area contributed by atoms with E-state index in [0.717, 1.165) is 21.7 Å². The van der Waals surface area contributed by atoms with Crippen LogP contribution in [0.4, 0.5) is 5.69 Å². The lowest BCUT2D eigenvalue weighted by molar-refractivity contribution is -0.141. The third kappa shape index (κ3) is 8.40. The molecule has 0 heterocycles. The smallest absolute Gasteiger partial charge is 0.244 e. The third-order valence-electron chi connectivity index (χ3n) is 5.22. The summed E-state index contributed by atoms with van der Waals surface area (Å²) in [5.41, 5.74) is 1.51. The summed E-state index contributed by atoms with van der Waals surface area (Å²) in [6.07, 6.45) is 1.35. The zero-order valence-electron chi connectivity index (χ0n) is 20.9. The maximum absolute atomic E-state index is 13.7. The molecule has 0 spiro atoms. The van der Waals surface area contributed by atoms with Gasteiger partial charge in [-0.05, 0) is 57.9 Å². The average Bonchev–Trinajstić information content (AvgIpc) is 2.71. The van der Waals surface area contributed by atoms with Crippen LogP contribution in [0.3, 0.4) is 0 Å². The molecule has 0 bridgehead atoms. The summed E-state index contributed by atoms with van der Waals surface area (Å²) in [4.78, 5) is 28.2. The molecule has 35 heavy (non-hydrogen) atoms. The molecule has 2 amide bonds. The quantitative estimate of drug-likeness (QED) is 0.494. The normalized spacial score (nSPS) is 12.7. The molecule has 0 aliphatic heterocycles. The van der Waals surface area contributed by atoms with Crippen LogP contribution in [0.1, 0.15) is 45.2 Å². The Balaban J connectivity index is 2.48. The lowest BCUT2D eigenvalue weighted by Gasteiger charge is -2.34. The molecule has 0 aromatic heterocycles. The van der Waals surface area contributed by atoms with E-state index in [9.17, 15) is 18.0 Å². The first kappa shape index (κ1) is 28.9. The molecule has 1 atom stereocenters. The van der Waals surface area contributed by atoms with Gasteiger partial charge in [-0.25, -0.2) is 8.42 Å². The fourth-order valence-electron chi connectivity index (χ4n) is 3.54. The molecule has 10 heteroatoms. The molecule has 0 radical (unpaired) electrons. The number of carbonyl (C=O) groups excluding carboxylic acids is 2. The number of carbonyl (C=O) groups is 2. The summed E-state index contributed by atoms with van der Waals surface area (Å²) in [6.45, 7) is 8.96. The van der Waals surface area contributed by atoms with Crippen molar-refractivity contribution in [2.45, 2.75) is 59.2 Å². The predicted octanol–water partition coefficient (Wildman–Crippen LogP) is 4.79. The topological polar surface area (TPSA) is 86.8 Å². The van der Waals surface area contributed by atoms with Gasteiger partial charge in [0.2, 0.25) is 21.8 Å². The fourth-order valence-corrected chi connectivity index (χ4v) is 4.96. The Labute approximate surface area is 218 Å². The van der Waals surface area contributed by atoms with E-state index < -0.39 is 34.1 Å². The molecule has 0 unspecified atom stereocenters. The van der Waals surface area contributed by atoms with Gasteiger partial charge in [0.05, 0.1) is 17.0 Å². The number of hydrogen-bond acceptors (Lipinski definition) is 4. The van der Waals surface area contributed by atoms with Crippen molar-refractivity contribution < 1.29 is 18.0 Å². The maximum atomic E-state index is 13.7. The van der Waals surface area contributed by atoms with Crippen LogP contribution < -0.4 is 9.62 Å². The third-order valence-corrected chi connectivity index (χ3v) is 6.88. The first-order valence-electron chi connectivity index (χ1n) is 11.2. The van der Waals surface area contributed by atoms with Crippen LogP contribution >= 0.6 is 23.2 Å². The first-order valence-corrected chi connectivity index (χ1v) is 13.8. The van der Waals surface area contributed by atoms with Gasteiger partial charge in [-0.3, -0.25) is 13.9 Å². The Bertz CT molecular complexity index is 1160. The zero-order valence-corrected chi connectivity index (χ0v) is 23.3. The van der Waals surface area contributed by atoms with Crippen molar-refractivity contribution in [3.8, 4) is 0 Å². The van der Waals surface area contributed by atoms with Crippen molar-refractivity contribution in [1.29, 1.82) is 0 Å². The van der Waals surface area contributed by atoms with E-state index in [4.69, 9.17) is 23.2 Å². The van der Waals surface area contributed by atoms with Gasteiger partial charge >= 0.3 is 0 Å². The SMILES string of the molecule is CC[C@H](C(=O)NC(C)(C)C)N(Cc1ccc(C)cc1)C(=O)CN(c1ccc(Cl)cc1Cl)S(C)(=O)=O. The molecular formula is C25H33Cl2N3O4S. The molecule has 2 rings (SSSR count). The number of hydrogen-bond donors (Lipinski definition) is 1. The van der Waals surface area contributed by atoms with Gasteiger partial charge in [0.25, 0.3) is 0 Å². The highest BCUT2D eigenvalue weighted by molar-refractivity contribution is 7.92. The van der Waals surface area contributed by atoms with Crippen LogP contribution in [-0.2, 0) is 26.2 Å². The summed E-state index contributed by atoms with van der Waals surface area (Å²) < 4.78 is 26.3. The molecule has 0 saturated carbocycles. The van der Waals surface area contributed by atoms with E-state index in [1.165, 1.54) is 23.1 Å². The van der Waals surface area contributed by atoms with Gasteiger partial charge in [0.15, 0.2) is 0 Å². The molecule has 2 aromatic carbocycles. The van der Waals surface area contributed by atoms with E-state index in [1.807, 2.05) is 58.9 Å². The molecule has 2 aromatic rings. The standard InChI is InChI=1S/C25H33Cl2N3O4S/c1-7-21(24(32)28-25(3,4)5)29(15-18-10-8-17(2)9-11-18)23(31)16-30(35(6,33)34)22-13-12-19(26)14-20(22)27/h8-14,21H,7,15-16H2,1-6H3,(H,28,32)/t21-/m1/s1. The molecule has 0 aliphatic rings. The van der Waals surface area contributed by atoms with Gasteiger partial charge in [0.1, 0.15) is 12.6 Å². The van der Waals surface area contributed by atoms with Crippen LogP contribution in [-0.4, -0.2) is 49.5 Å². The van der Waals surface area contributed by atoms with E-state index >= 15 is 0 Å². The number of sulfonamides is 1. The predicted molar refractivity (Wildman–Crippen MR) is 142 cm³/mol. The zero-order chi connectivity index (χ0) is 26.6. The molecule has 192 valence electrons. The summed E-state index contributed by atoms with van der Waals surface area (Å²) in [5, 5.41) is 3.36. The van der Waals surface area contributed by atoms with E-state index in [0.29, 0.717) is 11.4 Å². The second kappa shape index (κ2) is 11.6. The van der Waals surface area contributed by atoms with Crippen LogP contribution in [0.5, 0.6) is 0 Å². The second-order valence-corrected chi connectivity index (χ2v) is 12.3. The molecular weight excluding hydrogens is 509 g/mol. The number of nitrogens with one attached hydrogen (secondary N) is 1. The highest BCUT2D eigenvalue weighted by Crippen LogP contribution is 2.30. The van der Waals surface area contributed by atoms with Crippen molar-refractivity contribution in [3.63, 3.8) is 0 Å². The number of benzene rings is 2. The van der Waals surface area contributed by atoms with Gasteiger partial charge in [0, 0.05) is 17.1 Å². The van der Waals surface area contributed by atoms with Crippen molar-refractivity contribution in [2.24, 2.45) is 0 Å². The second-order valence-electron chi connectivity index (χ2n) is 9.54. The van der Waals surface area contributed by atoms with E-state index in [-0.39, 0.29) is 23.2 Å². The Morgan fingerprint density at radius 3 is 2.14 bits per heavy atom. The molecule has 0 saturated heterocycles. The fraction of sp³-hybridized carbons (Fsp3) is 0.440. The molecule has 7 nitrogen and oxygen atoms in total. The maximum Gasteiger partial charge on any atom is 0.244 e. The first-order chi connectivity index (χ1) is 16.1. The van der Waals surface area contributed by atoms with Crippen LogP contribution in [0.25, 0.3) is 0 Å². The lowest BCUT2D eigenvalue weighted by atomic mass is 10.1. The summed E-state index contributed by atoms with van der Waals surface area (Å²) >= 11 is 12.2. The Morgan fingerprint density at radius 1 is 1.06 bits per heavy atom. The minimum atomic E-state index is -3.88. The number of rotatable bonds is 9. The average molecular weight is 543 g/mol. The number of amides is 2. The highest BCUT2D eigenvalue weighted by Gasteiger charge is 2.33. The number of nitrogens with zero attached hydrogens (tertiary/aromatic N) is 2. The van der Waals surface area contributed by atoms with Gasteiger partial charge in [-0.1, -0.05) is 60.0 Å². The number of aryl methyl sites for hydroxylation is 1. The highest BCUT2D eigenvalue weighted by atomic mass is 35.5. The Morgan fingerprint density at radius 2 is 1.66 bits per heavy atom. The van der Waals surface area contributed by atoms with Gasteiger partial charge in [-0.15, -0.1) is 0 Å². The van der Waals surface area contributed by atoms with Crippen molar-refractivity contribution in [3.05, 3.63) is 63.6 Å². The number of anilines is 1. The van der Waals surface area contributed by atoms with Crippen LogP contribution in [0, 0.1) is 6.92 Å². The Kier molecular flexibility index (Phi) is 9.62. The van der Waals surface area contributed by atoms with Crippen LogP contribution in [0.2, 0.25) is 10.0 Å².